The Hall–Kier alpha value is -9.59. The lowest BCUT2D eigenvalue weighted by atomic mass is 9.82. The zero-order valence-corrected chi connectivity index (χ0v) is 35.6. The van der Waals surface area contributed by atoms with E-state index in [0.717, 1.165) is 12.1 Å². The summed E-state index contributed by atoms with van der Waals surface area (Å²) in [6.07, 6.45) is -13.0. The van der Waals surface area contributed by atoms with Crippen LogP contribution in [0.5, 0.6) is 86.2 Å². The molecule has 26 heteroatoms. The number of cyclic esters (lactones) is 2. The lowest BCUT2D eigenvalue weighted by molar-refractivity contribution is -0.154. The fourth-order valence-corrected chi connectivity index (χ4v) is 8.19. The van der Waals surface area contributed by atoms with Gasteiger partial charge in [0.1, 0.15) is 12.7 Å². The summed E-state index contributed by atoms with van der Waals surface area (Å²) in [5.74, 6) is -25.6. The van der Waals surface area contributed by atoms with Crippen molar-refractivity contribution in [2.75, 3.05) is 27.9 Å². The molecule has 0 amide bonds. The van der Waals surface area contributed by atoms with Crippen LogP contribution in [0.4, 0.5) is 0 Å². The number of phenols is 12. The van der Waals surface area contributed by atoms with Gasteiger partial charge in [-0.25, -0.2) is 24.0 Å². The third-order valence-corrected chi connectivity index (χ3v) is 11.5. The van der Waals surface area contributed by atoms with E-state index in [9.17, 15) is 90.4 Å². The third-order valence-electron chi connectivity index (χ3n) is 11.5. The van der Waals surface area contributed by atoms with Crippen LogP contribution >= 0.6 is 0 Å². The molecule has 0 aliphatic carbocycles. The molecule has 9 rings (SSSR count). The van der Waals surface area contributed by atoms with Crippen molar-refractivity contribution in [3.63, 3.8) is 0 Å². The number of esters is 5. The summed E-state index contributed by atoms with van der Waals surface area (Å²) in [4.78, 5) is 72.0. The number of aliphatic hydroxyl groups excluding tert-OH is 1. The maximum Gasteiger partial charge on any atom is 0.339 e. The Morgan fingerprint density at radius 1 is 0.486 bits per heavy atom. The summed E-state index contributed by atoms with van der Waals surface area (Å²) in [5.41, 5.74) is -10.3. The number of carbonyl (C=O) groups excluding carboxylic acids is 5. The molecule has 5 aromatic rings. The normalized spacial score (nSPS) is 19.4. The molecule has 70 heavy (non-hydrogen) atoms. The summed E-state index contributed by atoms with van der Waals surface area (Å²) in [5, 5.41) is 142. The van der Waals surface area contributed by atoms with Gasteiger partial charge in [-0.1, -0.05) is 0 Å². The second kappa shape index (κ2) is 16.9. The molecule has 366 valence electrons. The predicted molar refractivity (Wildman–Crippen MR) is 222 cm³/mol. The second-order valence-electron chi connectivity index (χ2n) is 15.3. The van der Waals surface area contributed by atoms with E-state index in [4.69, 9.17) is 37.9 Å². The first-order valence-corrected chi connectivity index (χ1v) is 19.7. The molecule has 4 bridgehead atoms. The van der Waals surface area contributed by atoms with Crippen molar-refractivity contribution in [3.05, 3.63) is 63.7 Å². The smallest absolute Gasteiger partial charge is 0.339 e. The van der Waals surface area contributed by atoms with Gasteiger partial charge >= 0.3 is 29.8 Å². The van der Waals surface area contributed by atoms with Crippen molar-refractivity contribution < 1.29 is 128 Å². The maximum atomic E-state index is 14.8. The number of carbonyl (C=O) groups is 5. The summed E-state index contributed by atoms with van der Waals surface area (Å²) in [6.45, 7) is -1.41. The predicted octanol–water partition coefficient (Wildman–Crippen LogP) is 2.25. The summed E-state index contributed by atoms with van der Waals surface area (Å²) >= 11 is 0. The van der Waals surface area contributed by atoms with Crippen molar-refractivity contribution in [2.24, 2.45) is 0 Å². The van der Waals surface area contributed by atoms with Crippen molar-refractivity contribution in [2.45, 2.75) is 30.5 Å². The van der Waals surface area contributed by atoms with E-state index in [-0.39, 0.29) is 17.2 Å². The summed E-state index contributed by atoms with van der Waals surface area (Å²) in [7, 11) is 3.58. The van der Waals surface area contributed by atoms with Gasteiger partial charge in [-0.3, -0.25) is 0 Å². The van der Waals surface area contributed by atoms with Crippen LogP contribution in [0.3, 0.4) is 0 Å². The van der Waals surface area contributed by atoms with Crippen LogP contribution in [0, 0.1) is 0 Å². The SMILES string of the molecule is COc1cc(C(=O)OC2COC(=O)c3cc(O)c(O)c(O)c3-c3c(cc(O)c(O)c3O)C(=O)O[C@H]2[C@@H]2OC(=O)c3cc(O)c(O)c(O)c3-c3c(O)c(O)c(O)c4c3C(=O)O[C@H]2[C@H]4O)cc(OC)c1OC. The molecule has 26 nitrogen and oxygen atoms in total. The van der Waals surface area contributed by atoms with E-state index >= 15 is 0 Å². The van der Waals surface area contributed by atoms with E-state index in [1.807, 2.05) is 0 Å². The van der Waals surface area contributed by atoms with Gasteiger partial charge in [0.2, 0.25) is 28.7 Å². The van der Waals surface area contributed by atoms with Gasteiger partial charge < -0.3 is 104 Å². The van der Waals surface area contributed by atoms with Gasteiger partial charge in [0.25, 0.3) is 0 Å². The molecular weight excluding hydrogens is 944 g/mol. The largest absolute Gasteiger partial charge is 0.504 e. The maximum absolute atomic E-state index is 14.8. The fraction of sp³-hybridized carbons (Fsp3) is 0.205. The van der Waals surface area contributed by atoms with Gasteiger partial charge in [-0.05, 0) is 30.3 Å². The Morgan fingerprint density at radius 2 is 0.914 bits per heavy atom. The van der Waals surface area contributed by atoms with E-state index in [2.05, 4.69) is 0 Å². The Kier molecular flexibility index (Phi) is 11.4. The van der Waals surface area contributed by atoms with Gasteiger partial charge in [0.05, 0.1) is 49.1 Å². The standard InChI is InChI=1S/C44H34O26/c1-63-17-4-10(5-18(64-2)36(17)65-3)40(58)67-19-9-66-41(59)11-6-14(45)26(48)29(51)20(11)21-12(7-15(46)27(49)30(21)52)42(60)68-37(19)39-38-34(56)25-24(44(62)69-38)23(32(54)35(57)33(25)55)22-13(43(61)70-39)8-16(47)28(50)31(22)53/h4-8,19,34,37-39,45-57H,9H2,1-3H3/t19?,34-,37+,38-,39-/m0/s1. The zero-order valence-electron chi connectivity index (χ0n) is 35.6. The summed E-state index contributed by atoms with van der Waals surface area (Å²) in [6, 6.07) is 3.36. The first-order valence-electron chi connectivity index (χ1n) is 19.7. The second-order valence-corrected chi connectivity index (χ2v) is 15.3. The highest BCUT2D eigenvalue weighted by molar-refractivity contribution is 6.11. The van der Waals surface area contributed by atoms with E-state index in [1.165, 1.54) is 21.3 Å². The van der Waals surface area contributed by atoms with Crippen LogP contribution in [0.25, 0.3) is 22.3 Å². The molecule has 5 atom stereocenters. The molecular formula is C44H34O26. The van der Waals surface area contributed by atoms with Crippen molar-refractivity contribution >= 4 is 29.8 Å². The average Bonchev–Trinajstić information content (AvgIpc) is 3.34. The minimum atomic E-state index is -2.71. The van der Waals surface area contributed by atoms with Crippen molar-refractivity contribution in [1.29, 1.82) is 0 Å². The monoisotopic (exact) mass is 978 g/mol. The molecule has 0 spiro atoms. The molecule has 4 aliphatic heterocycles. The fourth-order valence-electron chi connectivity index (χ4n) is 8.19. The summed E-state index contributed by atoms with van der Waals surface area (Å²) < 4.78 is 44.2. The Morgan fingerprint density at radius 3 is 1.39 bits per heavy atom. The number of aromatic hydroxyl groups is 12. The van der Waals surface area contributed by atoms with Crippen LogP contribution in [0.2, 0.25) is 0 Å². The molecule has 0 radical (unpaired) electrons. The third kappa shape index (κ3) is 7.04. The van der Waals surface area contributed by atoms with Crippen LogP contribution in [-0.2, 0) is 23.7 Å². The number of hydrogen-bond donors (Lipinski definition) is 13. The van der Waals surface area contributed by atoms with Crippen LogP contribution in [0.1, 0.15) is 63.5 Å². The molecule has 0 aromatic heterocycles. The molecule has 5 aromatic carbocycles. The zero-order chi connectivity index (χ0) is 51.1. The Balaban J connectivity index is 1.42. The minimum Gasteiger partial charge on any atom is -0.504 e. The molecule has 13 N–H and O–H groups in total. The van der Waals surface area contributed by atoms with E-state index < -0.39 is 192 Å². The number of aliphatic hydroxyl groups is 1. The molecule has 4 heterocycles. The first-order chi connectivity index (χ1) is 33.1. The van der Waals surface area contributed by atoms with Crippen LogP contribution < -0.4 is 14.2 Å². The van der Waals surface area contributed by atoms with Crippen molar-refractivity contribution in [1.82, 2.24) is 0 Å². The highest BCUT2D eigenvalue weighted by Gasteiger charge is 2.54. The number of rotatable bonds is 6. The lowest BCUT2D eigenvalue weighted by Gasteiger charge is -2.40. The van der Waals surface area contributed by atoms with Crippen molar-refractivity contribution in [3.8, 4) is 108 Å². The highest BCUT2D eigenvalue weighted by atomic mass is 16.6. The lowest BCUT2D eigenvalue weighted by Crippen LogP contribution is -2.56. The quantitative estimate of drug-likeness (QED) is 0.0659. The Bertz CT molecular complexity index is 3110. The van der Waals surface area contributed by atoms with Crippen LogP contribution in [-0.4, -0.2) is 149 Å². The highest BCUT2D eigenvalue weighted by Crippen LogP contribution is 2.58. The number of phenolic OH excluding ortho intramolecular Hbond substituents is 12. The van der Waals surface area contributed by atoms with Gasteiger partial charge in [0.15, 0.2) is 81.9 Å². The van der Waals surface area contributed by atoms with E-state index in [0.29, 0.717) is 18.2 Å². The number of fused-ring (bicyclic) bond motifs is 6. The van der Waals surface area contributed by atoms with E-state index in [1.54, 1.807) is 0 Å². The van der Waals surface area contributed by atoms with Gasteiger partial charge in [-0.15, -0.1) is 0 Å². The molecule has 0 saturated carbocycles. The first kappa shape index (κ1) is 46.9. The molecule has 1 unspecified atom stereocenters. The topological polar surface area (TPSA) is 422 Å². The molecule has 4 aliphatic rings. The van der Waals surface area contributed by atoms with Gasteiger partial charge in [0, 0.05) is 27.8 Å². The number of ether oxygens (including phenoxy) is 8. The number of benzene rings is 5. The Labute approximate surface area is 388 Å². The van der Waals surface area contributed by atoms with Crippen LogP contribution in [0.15, 0.2) is 30.3 Å². The minimum absolute atomic E-state index is 0.0390. The van der Waals surface area contributed by atoms with Gasteiger partial charge in [-0.2, -0.15) is 0 Å². The number of hydrogen-bond acceptors (Lipinski definition) is 26. The molecule has 0 fully saturated rings. The molecule has 0 saturated heterocycles. The number of methoxy groups -OCH3 is 3. The average molecular weight is 979 g/mol.